The number of nitrogens with zero attached hydrogens (tertiary/aromatic N) is 2. The third-order valence-corrected chi connectivity index (χ3v) is 7.62. The van der Waals surface area contributed by atoms with Crippen LogP contribution in [0.4, 0.5) is 0 Å². The standard InChI is InChI=1S/C32H32N4O2/c1-22(37)36-17-14-25(15-18-36)27-11-12-28-29(21-35-30(28)19-27)32(38)31(26-5-3-2-4-6-26)34-16-13-23-7-9-24(20-33)10-8-23/h2-12,19,21,25,31,34-35H,13-18H2,1H3/t31-/m0/s1. The van der Waals surface area contributed by atoms with Crippen molar-refractivity contribution in [1.29, 1.82) is 5.26 Å². The van der Waals surface area contributed by atoms with Crippen molar-refractivity contribution in [2.24, 2.45) is 0 Å². The molecule has 5 rings (SSSR count). The van der Waals surface area contributed by atoms with Crippen molar-refractivity contribution in [1.82, 2.24) is 15.2 Å². The highest BCUT2D eigenvalue weighted by Gasteiger charge is 2.26. The fourth-order valence-corrected chi connectivity index (χ4v) is 5.40. The van der Waals surface area contributed by atoms with Gasteiger partial charge in [0.1, 0.15) is 0 Å². The number of H-pyrrole nitrogens is 1. The molecule has 2 heterocycles. The van der Waals surface area contributed by atoms with Gasteiger partial charge in [0.15, 0.2) is 5.78 Å². The first kappa shape index (κ1) is 25.4. The molecule has 0 unspecified atom stereocenters. The summed E-state index contributed by atoms with van der Waals surface area (Å²) >= 11 is 0. The number of fused-ring (bicyclic) bond motifs is 1. The Morgan fingerprint density at radius 3 is 2.47 bits per heavy atom. The van der Waals surface area contributed by atoms with Crippen molar-refractivity contribution < 1.29 is 9.59 Å². The van der Waals surface area contributed by atoms with Crippen LogP contribution in [-0.4, -0.2) is 41.2 Å². The van der Waals surface area contributed by atoms with Crippen LogP contribution in [0.1, 0.15) is 64.3 Å². The van der Waals surface area contributed by atoms with Crippen LogP contribution in [-0.2, 0) is 11.2 Å². The molecule has 0 bridgehead atoms. The van der Waals surface area contributed by atoms with Crippen molar-refractivity contribution in [2.75, 3.05) is 19.6 Å². The summed E-state index contributed by atoms with van der Waals surface area (Å²) < 4.78 is 0. The number of piperidine rings is 1. The summed E-state index contributed by atoms with van der Waals surface area (Å²) in [5, 5.41) is 13.4. The first-order valence-electron chi connectivity index (χ1n) is 13.2. The molecule has 38 heavy (non-hydrogen) atoms. The number of amides is 1. The molecule has 0 aliphatic carbocycles. The highest BCUT2D eigenvalue weighted by atomic mass is 16.2. The van der Waals surface area contributed by atoms with E-state index in [1.165, 1.54) is 5.56 Å². The van der Waals surface area contributed by atoms with E-state index in [4.69, 9.17) is 5.26 Å². The molecular weight excluding hydrogens is 472 g/mol. The first-order chi connectivity index (χ1) is 18.5. The number of likely N-dealkylation sites (tertiary alicyclic amines) is 1. The second-order valence-electron chi connectivity index (χ2n) is 10.0. The number of carbonyl (C=O) groups is 2. The number of benzene rings is 3. The molecule has 192 valence electrons. The van der Waals surface area contributed by atoms with Gasteiger partial charge < -0.3 is 15.2 Å². The largest absolute Gasteiger partial charge is 0.360 e. The molecule has 1 fully saturated rings. The number of aromatic nitrogens is 1. The van der Waals surface area contributed by atoms with Crippen LogP contribution in [0.3, 0.4) is 0 Å². The molecule has 0 radical (unpaired) electrons. The van der Waals surface area contributed by atoms with Gasteiger partial charge in [-0.25, -0.2) is 0 Å². The summed E-state index contributed by atoms with van der Waals surface area (Å²) in [7, 11) is 0. The predicted octanol–water partition coefficient (Wildman–Crippen LogP) is 5.52. The Morgan fingerprint density at radius 1 is 1.05 bits per heavy atom. The summed E-state index contributed by atoms with van der Waals surface area (Å²) in [6, 6.07) is 25.4. The normalized spacial score (nSPS) is 14.8. The molecule has 1 aliphatic rings. The highest BCUT2D eigenvalue weighted by molar-refractivity contribution is 6.10. The van der Waals surface area contributed by atoms with Crippen molar-refractivity contribution in [3.8, 4) is 6.07 Å². The number of carbonyl (C=O) groups excluding carboxylic acids is 2. The SMILES string of the molecule is CC(=O)N1CCC(c2ccc3c(C(=O)[C@@H](NCCc4ccc(C#N)cc4)c4ccccc4)c[nH]c3c2)CC1. The molecular formula is C32H32N4O2. The lowest BCUT2D eigenvalue weighted by atomic mass is 9.88. The lowest BCUT2D eigenvalue weighted by Crippen LogP contribution is -2.36. The molecule has 6 nitrogen and oxygen atoms in total. The number of hydrogen-bond donors (Lipinski definition) is 2. The van der Waals surface area contributed by atoms with Crippen LogP contribution < -0.4 is 5.32 Å². The molecule has 1 aromatic heterocycles. The van der Waals surface area contributed by atoms with Crippen LogP contribution in [0.5, 0.6) is 0 Å². The average Bonchev–Trinajstić information content (AvgIpc) is 3.39. The van der Waals surface area contributed by atoms with Crippen LogP contribution in [0.25, 0.3) is 10.9 Å². The van der Waals surface area contributed by atoms with E-state index in [9.17, 15) is 9.59 Å². The molecule has 6 heteroatoms. The highest BCUT2D eigenvalue weighted by Crippen LogP contribution is 2.32. The van der Waals surface area contributed by atoms with Gasteiger partial charge in [-0.2, -0.15) is 5.26 Å². The van der Waals surface area contributed by atoms with E-state index < -0.39 is 6.04 Å². The van der Waals surface area contributed by atoms with E-state index in [1.807, 2.05) is 65.7 Å². The third kappa shape index (κ3) is 5.53. The number of ketones is 1. The number of nitrogens with one attached hydrogen (secondary N) is 2. The van der Waals surface area contributed by atoms with Crippen molar-refractivity contribution in [2.45, 2.75) is 38.1 Å². The second-order valence-corrected chi connectivity index (χ2v) is 10.0. The lowest BCUT2D eigenvalue weighted by molar-refractivity contribution is -0.129. The first-order valence-corrected chi connectivity index (χ1v) is 13.2. The topological polar surface area (TPSA) is 89.0 Å². The summed E-state index contributed by atoms with van der Waals surface area (Å²) in [5.74, 6) is 0.591. The summed E-state index contributed by atoms with van der Waals surface area (Å²) in [4.78, 5) is 30.8. The number of rotatable bonds is 8. The Balaban J connectivity index is 1.33. The fraction of sp³-hybridized carbons (Fsp3) is 0.281. The number of hydrogen-bond acceptors (Lipinski definition) is 4. The Bertz CT molecular complexity index is 1460. The minimum absolute atomic E-state index is 0.0322. The maximum atomic E-state index is 13.9. The monoisotopic (exact) mass is 504 g/mol. The molecule has 1 amide bonds. The lowest BCUT2D eigenvalue weighted by Gasteiger charge is -2.31. The zero-order valence-corrected chi connectivity index (χ0v) is 21.6. The maximum Gasteiger partial charge on any atom is 0.219 e. The van der Waals surface area contributed by atoms with Crippen molar-refractivity contribution in [3.05, 3.63) is 107 Å². The quantitative estimate of drug-likeness (QED) is 0.309. The van der Waals surface area contributed by atoms with Crippen LogP contribution in [0.15, 0.2) is 79.0 Å². The molecule has 0 spiro atoms. The Morgan fingerprint density at radius 2 is 1.79 bits per heavy atom. The maximum absolute atomic E-state index is 13.9. The van der Waals surface area contributed by atoms with Gasteiger partial charge in [-0.1, -0.05) is 54.6 Å². The van der Waals surface area contributed by atoms with E-state index >= 15 is 0 Å². The van der Waals surface area contributed by atoms with Gasteiger partial charge >= 0.3 is 0 Å². The van der Waals surface area contributed by atoms with E-state index in [1.54, 1.807) is 6.92 Å². The number of Topliss-reactive ketones (excluding diaryl/α,β-unsaturated/α-hetero) is 1. The molecule has 4 aromatic rings. The molecule has 3 aromatic carbocycles. The van der Waals surface area contributed by atoms with E-state index in [0.717, 1.165) is 54.4 Å². The molecule has 1 aliphatic heterocycles. The summed E-state index contributed by atoms with van der Waals surface area (Å²) in [6.07, 6.45) is 4.49. The fourth-order valence-electron chi connectivity index (χ4n) is 5.40. The molecule has 0 saturated carbocycles. The van der Waals surface area contributed by atoms with E-state index in [-0.39, 0.29) is 11.7 Å². The van der Waals surface area contributed by atoms with Gasteiger partial charge in [0.05, 0.1) is 17.7 Å². The number of aromatic amines is 1. The Hall–Kier alpha value is -4.21. The van der Waals surface area contributed by atoms with Crippen LogP contribution >= 0.6 is 0 Å². The van der Waals surface area contributed by atoms with E-state index in [2.05, 4.69) is 34.6 Å². The Labute approximate surface area is 223 Å². The van der Waals surface area contributed by atoms with Crippen LogP contribution in [0, 0.1) is 11.3 Å². The smallest absolute Gasteiger partial charge is 0.219 e. The van der Waals surface area contributed by atoms with Gasteiger partial charge in [-0.3, -0.25) is 9.59 Å². The van der Waals surface area contributed by atoms with Crippen molar-refractivity contribution in [3.63, 3.8) is 0 Å². The van der Waals surface area contributed by atoms with Gasteiger partial charge in [-0.15, -0.1) is 0 Å². The third-order valence-electron chi connectivity index (χ3n) is 7.62. The molecule has 1 atom stereocenters. The van der Waals surface area contributed by atoms with Gasteiger partial charge in [0.2, 0.25) is 5.91 Å². The Kier molecular flexibility index (Phi) is 7.67. The second kappa shape index (κ2) is 11.5. The average molecular weight is 505 g/mol. The van der Waals surface area contributed by atoms with Gasteiger partial charge in [0.25, 0.3) is 0 Å². The summed E-state index contributed by atoms with van der Waals surface area (Å²) in [5.41, 5.74) is 5.58. The van der Waals surface area contributed by atoms with E-state index in [0.29, 0.717) is 23.6 Å². The minimum Gasteiger partial charge on any atom is -0.360 e. The zero-order chi connectivity index (χ0) is 26.5. The van der Waals surface area contributed by atoms with Gasteiger partial charge in [0, 0.05) is 49.2 Å². The van der Waals surface area contributed by atoms with Crippen LogP contribution in [0.2, 0.25) is 0 Å². The minimum atomic E-state index is -0.468. The van der Waals surface area contributed by atoms with Gasteiger partial charge in [-0.05, 0) is 60.1 Å². The zero-order valence-electron chi connectivity index (χ0n) is 21.6. The molecule has 1 saturated heterocycles. The predicted molar refractivity (Wildman–Crippen MR) is 149 cm³/mol. The molecule has 2 N–H and O–H groups in total. The van der Waals surface area contributed by atoms with Crippen molar-refractivity contribution >= 4 is 22.6 Å². The number of nitriles is 1. The summed E-state index contributed by atoms with van der Waals surface area (Å²) in [6.45, 7) is 3.84.